The summed E-state index contributed by atoms with van der Waals surface area (Å²) in [6, 6.07) is 53.2. The number of aromatic nitrogens is 3. The van der Waals surface area contributed by atoms with Crippen molar-refractivity contribution in [3.63, 3.8) is 0 Å². The summed E-state index contributed by atoms with van der Waals surface area (Å²) in [5.74, 6) is 2.41. The van der Waals surface area contributed by atoms with Gasteiger partial charge in [-0.15, -0.1) is 0 Å². The zero-order chi connectivity index (χ0) is 34.8. The zero-order valence-electron chi connectivity index (χ0n) is 28.9. The van der Waals surface area contributed by atoms with Gasteiger partial charge in [-0.2, -0.15) is 0 Å². The van der Waals surface area contributed by atoms with Crippen LogP contribution in [0.2, 0.25) is 0 Å². The van der Waals surface area contributed by atoms with Crippen LogP contribution in [0, 0.1) is 0 Å². The summed E-state index contributed by atoms with van der Waals surface area (Å²) in [6.07, 6.45) is 4.23. The Balaban J connectivity index is 1.08. The van der Waals surface area contributed by atoms with Crippen LogP contribution in [-0.2, 0) is 7.05 Å². The van der Waals surface area contributed by atoms with Gasteiger partial charge in [-0.3, -0.25) is 4.57 Å². The van der Waals surface area contributed by atoms with E-state index in [1.807, 2.05) is 12.3 Å². The van der Waals surface area contributed by atoms with Crippen LogP contribution >= 0.6 is 0 Å². The van der Waals surface area contributed by atoms with Crippen LogP contribution in [0.15, 0.2) is 164 Å². The van der Waals surface area contributed by atoms with Crippen LogP contribution in [0.3, 0.4) is 0 Å². The van der Waals surface area contributed by atoms with E-state index in [4.69, 9.17) is 9.72 Å². The smallest absolute Gasteiger partial charge is 0.139 e. The van der Waals surface area contributed by atoms with E-state index in [0.29, 0.717) is 0 Å². The molecule has 52 heavy (non-hydrogen) atoms. The van der Waals surface area contributed by atoms with E-state index < -0.39 is 0 Å². The number of fused-ring (bicyclic) bond motifs is 6. The van der Waals surface area contributed by atoms with Gasteiger partial charge < -0.3 is 19.1 Å². The Labute approximate surface area is 301 Å². The quantitative estimate of drug-likeness (QED) is 0.176. The van der Waals surface area contributed by atoms with Crippen molar-refractivity contribution in [3.05, 3.63) is 170 Å². The summed E-state index contributed by atoms with van der Waals surface area (Å²) in [7, 11) is 4.26. The van der Waals surface area contributed by atoms with E-state index in [1.165, 1.54) is 38.7 Å². The first-order valence-electron chi connectivity index (χ1n) is 17.6. The van der Waals surface area contributed by atoms with Gasteiger partial charge >= 0.3 is 0 Å². The number of benzene rings is 6. The molecule has 9 aromatic rings. The third kappa shape index (κ3) is 4.91. The minimum atomic E-state index is 0.763. The molecule has 0 saturated carbocycles. The minimum absolute atomic E-state index is 0.763. The van der Waals surface area contributed by atoms with Crippen LogP contribution in [-0.4, -0.2) is 32.7 Å². The molecule has 250 valence electrons. The third-order valence-electron chi connectivity index (χ3n) is 10.4. The molecule has 3 aromatic heterocycles. The third-order valence-corrected chi connectivity index (χ3v) is 10.4. The Morgan fingerprint density at radius 1 is 0.519 bits per heavy atom. The minimum Gasteiger partial charge on any atom is -0.457 e. The van der Waals surface area contributed by atoms with E-state index in [2.05, 4.69) is 185 Å². The van der Waals surface area contributed by atoms with E-state index in [0.717, 1.165) is 57.0 Å². The number of ether oxygens (including phenoxy) is 1. The van der Waals surface area contributed by atoms with E-state index >= 15 is 0 Å². The lowest BCUT2D eigenvalue weighted by molar-refractivity contribution is 0.482. The number of hydrogen-bond donors (Lipinski definition) is 0. The highest BCUT2D eigenvalue weighted by Gasteiger charge is 2.21. The SMILES string of the molecule is CN1CN(c2cccc(Oc3ccc4c5cc(-c6ccccc6)ccc5n(-c5cc6c(cn5)c5ccccc5n6C)c4c3)c2)C=C1c1ccccc1. The molecule has 0 atom stereocenters. The molecule has 6 heteroatoms. The maximum absolute atomic E-state index is 6.64. The fourth-order valence-corrected chi connectivity index (χ4v) is 7.80. The fraction of sp³-hybridized carbons (Fsp3) is 0.0652. The highest BCUT2D eigenvalue weighted by atomic mass is 16.5. The maximum atomic E-state index is 6.64. The predicted octanol–water partition coefficient (Wildman–Crippen LogP) is 11.0. The van der Waals surface area contributed by atoms with Gasteiger partial charge in [0.05, 0.1) is 28.9 Å². The van der Waals surface area contributed by atoms with Crippen molar-refractivity contribution in [3.8, 4) is 28.4 Å². The lowest BCUT2D eigenvalue weighted by Gasteiger charge is -2.20. The molecular formula is C46H35N5O. The molecule has 10 rings (SSSR count). The number of anilines is 1. The molecule has 6 nitrogen and oxygen atoms in total. The van der Waals surface area contributed by atoms with Gasteiger partial charge in [-0.25, -0.2) is 4.98 Å². The molecule has 0 bridgehead atoms. The van der Waals surface area contributed by atoms with Crippen LogP contribution < -0.4 is 9.64 Å². The second-order valence-corrected chi connectivity index (χ2v) is 13.5. The molecule has 6 aromatic carbocycles. The molecule has 0 fully saturated rings. The van der Waals surface area contributed by atoms with Crippen molar-refractivity contribution in [2.24, 2.45) is 7.05 Å². The summed E-state index contributed by atoms with van der Waals surface area (Å²) >= 11 is 0. The Morgan fingerprint density at radius 2 is 1.27 bits per heavy atom. The summed E-state index contributed by atoms with van der Waals surface area (Å²) in [5.41, 5.74) is 10.3. The average molecular weight is 674 g/mol. The molecule has 0 radical (unpaired) electrons. The molecular weight excluding hydrogens is 639 g/mol. The van der Waals surface area contributed by atoms with Gasteiger partial charge in [-0.1, -0.05) is 91.0 Å². The molecule has 0 amide bonds. The van der Waals surface area contributed by atoms with Gasteiger partial charge in [0.15, 0.2) is 0 Å². The number of pyridine rings is 1. The van der Waals surface area contributed by atoms with Crippen molar-refractivity contribution >= 4 is 55.0 Å². The van der Waals surface area contributed by atoms with E-state index in [-0.39, 0.29) is 0 Å². The topological polar surface area (TPSA) is 38.5 Å². The van der Waals surface area contributed by atoms with E-state index in [1.54, 1.807) is 0 Å². The highest BCUT2D eigenvalue weighted by Crippen LogP contribution is 2.39. The molecule has 1 aliphatic heterocycles. The Bertz CT molecular complexity index is 2830. The Hall–Kier alpha value is -6.79. The predicted molar refractivity (Wildman–Crippen MR) is 214 cm³/mol. The molecule has 0 saturated heterocycles. The normalized spacial score (nSPS) is 13.2. The summed E-state index contributed by atoms with van der Waals surface area (Å²) < 4.78 is 11.2. The second-order valence-electron chi connectivity index (χ2n) is 13.5. The first-order valence-corrected chi connectivity index (χ1v) is 17.6. The number of rotatable bonds is 6. The number of para-hydroxylation sites is 1. The highest BCUT2D eigenvalue weighted by molar-refractivity contribution is 6.12. The number of hydrogen-bond acceptors (Lipinski definition) is 4. The average Bonchev–Trinajstić information content (AvgIpc) is 3.84. The van der Waals surface area contributed by atoms with Crippen LogP contribution in [0.4, 0.5) is 5.69 Å². The van der Waals surface area contributed by atoms with Crippen molar-refractivity contribution in [1.29, 1.82) is 0 Å². The van der Waals surface area contributed by atoms with Crippen LogP contribution in [0.1, 0.15) is 5.56 Å². The summed E-state index contributed by atoms with van der Waals surface area (Å²) in [4.78, 5) is 9.62. The first kappa shape index (κ1) is 30.1. The molecule has 4 heterocycles. The lowest BCUT2D eigenvalue weighted by atomic mass is 10.0. The van der Waals surface area contributed by atoms with Gasteiger partial charge in [0.1, 0.15) is 17.3 Å². The van der Waals surface area contributed by atoms with Crippen molar-refractivity contribution in [2.45, 2.75) is 0 Å². The van der Waals surface area contributed by atoms with Crippen LogP contribution in [0.5, 0.6) is 11.5 Å². The van der Waals surface area contributed by atoms with Gasteiger partial charge in [0, 0.05) is 77.4 Å². The van der Waals surface area contributed by atoms with E-state index in [9.17, 15) is 0 Å². The number of nitrogens with zero attached hydrogens (tertiary/aromatic N) is 5. The second kappa shape index (κ2) is 11.9. The Kier molecular flexibility index (Phi) is 6.89. The maximum Gasteiger partial charge on any atom is 0.139 e. The fourth-order valence-electron chi connectivity index (χ4n) is 7.80. The molecule has 0 unspecified atom stereocenters. The Morgan fingerprint density at radius 3 is 2.12 bits per heavy atom. The van der Waals surface area contributed by atoms with Gasteiger partial charge in [-0.05, 0) is 59.2 Å². The van der Waals surface area contributed by atoms with Crippen molar-refractivity contribution in [2.75, 3.05) is 18.6 Å². The monoisotopic (exact) mass is 673 g/mol. The largest absolute Gasteiger partial charge is 0.457 e. The standard InChI is InChI=1S/C46H35N5O/c1-48-30-50(29-45(48)32-14-7-4-8-15-32)34-16-11-17-35(25-34)52-36-21-22-38-39-24-33(31-12-5-3-6-13-31)20-23-42(39)51(44(38)26-36)46-27-43-40(28-47-46)37-18-9-10-19-41(37)49(43)2/h3-29H,30H2,1-2H3. The van der Waals surface area contributed by atoms with Gasteiger partial charge in [0.2, 0.25) is 0 Å². The molecule has 1 aliphatic rings. The van der Waals surface area contributed by atoms with Gasteiger partial charge in [0.25, 0.3) is 0 Å². The van der Waals surface area contributed by atoms with Crippen molar-refractivity contribution < 1.29 is 4.74 Å². The summed E-state index contributed by atoms with van der Waals surface area (Å²) in [6.45, 7) is 0.763. The molecule has 0 N–H and O–H groups in total. The van der Waals surface area contributed by atoms with Crippen LogP contribution in [0.25, 0.3) is 66.3 Å². The first-order chi connectivity index (χ1) is 25.6. The number of aryl methyl sites for hydroxylation is 1. The molecule has 0 aliphatic carbocycles. The van der Waals surface area contributed by atoms with Crippen molar-refractivity contribution in [1.82, 2.24) is 19.0 Å². The zero-order valence-corrected chi connectivity index (χ0v) is 28.9. The molecule has 0 spiro atoms. The lowest BCUT2D eigenvalue weighted by Crippen LogP contribution is -2.22. The summed E-state index contributed by atoms with van der Waals surface area (Å²) in [5, 5.41) is 4.67.